The molecule has 8 rings (SSSR count). The Balaban J connectivity index is 0.000000290. The molecular formula is C59H53F7NaO15S5+. The van der Waals surface area contributed by atoms with Crippen LogP contribution in [0, 0.1) is 13.8 Å². The number of rotatable bonds is 18. The van der Waals surface area contributed by atoms with E-state index in [0.29, 0.717) is 11.5 Å². The fourth-order valence-corrected chi connectivity index (χ4v) is 10.8. The van der Waals surface area contributed by atoms with E-state index in [2.05, 4.69) is 193 Å². The maximum atomic E-state index is 12.7. The van der Waals surface area contributed by atoms with Gasteiger partial charge in [-0.25, -0.2) is 26.4 Å². The first-order chi connectivity index (χ1) is 40.4. The SMILES string of the molecule is Cc1ccc([S+](c2ccccc2)c2ccccc2)cc1.Cc1ccc([S+](c2ccccc2)c2ccccc2)cc1.O=C(COc1ccccc1)OCC(F)(F)S(=O)(=O)O.O=C(COc1ccccc1)OCC(F)(F)S(=O)(=O)[O-].O=S(=O)([O-])C(F)(F)F.[Na+]. The smallest absolute Gasteiger partial charge is 0.743 e. The maximum Gasteiger partial charge on any atom is 1.00 e. The molecule has 0 fully saturated rings. The fraction of sp³-hybridized carbons (Fsp3) is 0.153. The molecule has 0 amide bonds. The zero-order chi connectivity index (χ0) is 63.6. The van der Waals surface area contributed by atoms with Crippen molar-refractivity contribution in [1.82, 2.24) is 0 Å². The minimum absolute atomic E-state index is 0. The molecule has 0 spiro atoms. The molecule has 28 heteroatoms. The molecule has 8 aromatic rings. The summed E-state index contributed by atoms with van der Waals surface area (Å²) < 4.78 is 186. The monoisotopic (exact) mass is 1320 g/mol. The van der Waals surface area contributed by atoms with E-state index in [1.807, 2.05) is 0 Å². The number of ether oxygens (including phenoxy) is 4. The minimum atomic E-state index is -6.09. The standard InChI is InChI=1S/2C19H17S.2C10H10F2O6S.CHF3O3S.Na/c2*1-16-12-14-19(15-13-16)20(17-8-4-2-5-9-17)18-10-6-3-7-11-18;2*11-10(12,19(14,15)16)7-18-9(13)6-17-8-4-2-1-3-5-8;2-1(3,4)8(5,6)7;/h2*2-15H,1H3;2*1-5H,6-7H2,(H,14,15,16);(H,5,6,7);/q2*+1;;;;+1/p-2. The Hall–Kier alpha value is -6.76. The number of hydrogen-bond donors (Lipinski definition) is 1. The van der Waals surface area contributed by atoms with E-state index in [-0.39, 0.29) is 51.3 Å². The predicted molar refractivity (Wildman–Crippen MR) is 305 cm³/mol. The van der Waals surface area contributed by atoms with Crippen LogP contribution in [-0.4, -0.2) is 93.3 Å². The molecule has 458 valence electrons. The van der Waals surface area contributed by atoms with Crippen LogP contribution in [0.2, 0.25) is 0 Å². The summed E-state index contributed by atoms with van der Waals surface area (Å²) in [5, 5.41) is -9.20. The van der Waals surface area contributed by atoms with E-state index in [9.17, 15) is 61.7 Å². The zero-order valence-corrected chi connectivity index (χ0v) is 52.2. The molecule has 0 radical (unpaired) electrons. The van der Waals surface area contributed by atoms with Crippen LogP contribution in [0.25, 0.3) is 0 Å². The Morgan fingerprint density at radius 3 is 0.862 bits per heavy atom. The van der Waals surface area contributed by atoms with Gasteiger partial charge in [-0.1, -0.05) is 145 Å². The van der Waals surface area contributed by atoms with E-state index < -0.39 is 84.7 Å². The molecule has 1 N–H and O–H groups in total. The second-order valence-corrected chi connectivity index (χ2v) is 25.6. The zero-order valence-electron chi connectivity index (χ0n) is 46.1. The number of benzene rings is 8. The normalized spacial score (nSPS) is 11.4. The van der Waals surface area contributed by atoms with E-state index in [4.69, 9.17) is 27.0 Å². The molecule has 15 nitrogen and oxygen atoms in total. The third kappa shape index (κ3) is 26.2. The van der Waals surface area contributed by atoms with Gasteiger partial charge in [-0.3, -0.25) is 4.55 Å². The number of aryl methyl sites for hydroxylation is 2. The molecule has 8 aromatic carbocycles. The summed E-state index contributed by atoms with van der Waals surface area (Å²) in [6, 6.07) is 76.8. The Bertz CT molecular complexity index is 3370. The largest absolute Gasteiger partial charge is 1.00 e. The van der Waals surface area contributed by atoms with Crippen molar-refractivity contribution in [3.05, 3.63) is 242 Å². The fourth-order valence-electron chi connectivity index (χ4n) is 6.27. The first kappa shape index (κ1) is 74.5. The average molecular weight is 1320 g/mol. The third-order valence-electron chi connectivity index (χ3n) is 10.5. The van der Waals surface area contributed by atoms with Crippen molar-refractivity contribution in [2.75, 3.05) is 26.4 Å². The van der Waals surface area contributed by atoms with Gasteiger partial charge >= 0.3 is 67.6 Å². The van der Waals surface area contributed by atoms with Gasteiger partial charge in [-0.05, 0) is 111 Å². The molecule has 0 saturated carbocycles. The molecule has 0 aromatic heterocycles. The minimum Gasteiger partial charge on any atom is -0.743 e. The maximum absolute atomic E-state index is 12.7. The van der Waals surface area contributed by atoms with E-state index in [0.717, 1.165) is 0 Å². The van der Waals surface area contributed by atoms with Gasteiger partial charge in [-0.15, -0.1) is 0 Å². The molecular weight excluding hydrogens is 1260 g/mol. The molecule has 87 heavy (non-hydrogen) atoms. The summed E-state index contributed by atoms with van der Waals surface area (Å²) in [4.78, 5) is 30.2. The summed E-state index contributed by atoms with van der Waals surface area (Å²) >= 11 is 0. The Morgan fingerprint density at radius 1 is 0.402 bits per heavy atom. The summed E-state index contributed by atoms with van der Waals surface area (Å²) in [6.07, 6.45) is 0. The predicted octanol–water partition coefficient (Wildman–Crippen LogP) is 9.07. The van der Waals surface area contributed by atoms with E-state index in [1.54, 1.807) is 36.4 Å². The van der Waals surface area contributed by atoms with Crippen molar-refractivity contribution in [2.45, 2.75) is 59.2 Å². The number of carbonyl (C=O) groups is 2. The van der Waals surface area contributed by atoms with E-state index >= 15 is 0 Å². The van der Waals surface area contributed by atoms with Gasteiger partial charge in [0.1, 0.15) is 11.5 Å². The number of alkyl halides is 7. The number of carbonyl (C=O) groups excluding carboxylic acids is 2. The Morgan fingerprint density at radius 2 is 0.632 bits per heavy atom. The van der Waals surface area contributed by atoms with Gasteiger partial charge in [0.05, 0.1) is 21.8 Å². The summed E-state index contributed by atoms with van der Waals surface area (Å²) in [5.74, 6) is -1.77. The molecule has 0 aliphatic heterocycles. The number of para-hydroxylation sites is 2. The van der Waals surface area contributed by atoms with Crippen LogP contribution in [0.3, 0.4) is 0 Å². The Kier molecular flexibility index (Phi) is 30.2. The van der Waals surface area contributed by atoms with Gasteiger partial charge in [0, 0.05) is 0 Å². The topological polar surface area (TPSA) is 240 Å². The van der Waals surface area contributed by atoms with Crippen LogP contribution in [0.5, 0.6) is 11.5 Å². The first-order valence-electron chi connectivity index (χ1n) is 24.6. The second kappa shape index (κ2) is 35.3. The van der Waals surface area contributed by atoms with Gasteiger partial charge in [0.15, 0.2) is 76.0 Å². The molecule has 0 heterocycles. The molecule has 0 atom stereocenters. The number of halogens is 7. The molecule has 0 aliphatic carbocycles. The third-order valence-corrected chi connectivity index (χ3v) is 17.2. The van der Waals surface area contributed by atoms with Crippen LogP contribution in [0.1, 0.15) is 11.1 Å². The van der Waals surface area contributed by atoms with Crippen LogP contribution in [0.4, 0.5) is 30.7 Å². The van der Waals surface area contributed by atoms with E-state index in [1.165, 1.54) is 64.8 Å². The van der Waals surface area contributed by atoms with Gasteiger partial charge in [-0.2, -0.15) is 39.2 Å². The van der Waals surface area contributed by atoms with Gasteiger partial charge in [0.2, 0.25) is 0 Å². The van der Waals surface area contributed by atoms with Crippen molar-refractivity contribution in [2.24, 2.45) is 0 Å². The van der Waals surface area contributed by atoms with Crippen molar-refractivity contribution in [1.29, 1.82) is 0 Å². The molecule has 0 unspecified atom stereocenters. The van der Waals surface area contributed by atoms with Crippen LogP contribution < -0.4 is 39.0 Å². The molecule has 0 saturated heterocycles. The van der Waals surface area contributed by atoms with Crippen molar-refractivity contribution < 1.29 is 128 Å². The summed E-state index contributed by atoms with van der Waals surface area (Å²) in [6.45, 7) is -0.691. The van der Waals surface area contributed by atoms with Crippen molar-refractivity contribution in [3.8, 4) is 11.5 Å². The number of hydrogen-bond acceptors (Lipinski definition) is 14. The van der Waals surface area contributed by atoms with Crippen molar-refractivity contribution in [3.63, 3.8) is 0 Å². The van der Waals surface area contributed by atoms with Gasteiger partial charge in [0.25, 0.3) is 0 Å². The number of esters is 2. The van der Waals surface area contributed by atoms with Crippen LogP contribution in [0.15, 0.2) is 260 Å². The van der Waals surface area contributed by atoms with Crippen LogP contribution >= 0.6 is 0 Å². The van der Waals surface area contributed by atoms with Gasteiger partial charge < -0.3 is 28.1 Å². The first-order valence-corrected chi connectivity index (χ1v) is 31.3. The quantitative estimate of drug-likeness (QED) is 0.0210. The molecule has 0 bridgehead atoms. The van der Waals surface area contributed by atoms with Crippen molar-refractivity contribution >= 4 is 64.1 Å². The van der Waals surface area contributed by atoms with Crippen LogP contribution in [-0.2, 0) is 71.2 Å². The summed E-state index contributed by atoms with van der Waals surface area (Å²) in [5.41, 5.74) is -3.04. The summed E-state index contributed by atoms with van der Waals surface area (Å²) in [7, 11) is -17.6. The molecule has 0 aliphatic rings. The second-order valence-electron chi connectivity index (χ2n) is 17.1. The average Bonchev–Trinajstić information content (AvgIpc) is 3.41. The Labute approximate surface area is 526 Å².